The van der Waals surface area contributed by atoms with Crippen LogP contribution in [-0.4, -0.2) is 62.2 Å². The first-order chi connectivity index (χ1) is 16.5. The lowest BCUT2D eigenvalue weighted by Crippen LogP contribution is -2.50. The number of rotatable bonds is 4. The number of hydrogen-bond donors (Lipinski definition) is 0. The number of anilines is 1. The Balaban J connectivity index is 1.46. The average molecular weight is 498 g/mol. The van der Waals surface area contributed by atoms with Crippen LogP contribution in [0.3, 0.4) is 0 Å². The van der Waals surface area contributed by atoms with Gasteiger partial charge in [-0.25, -0.2) is 8.42 Å². The van der Waals surface area contributed by atoms with Crippen molar-refractivity contribution in [2.45, 2.75) is 58.8 Å². The van der Waals surface area contributed by atoms with Crippen LogP contribution >= 0.6 is 0 Å². The Hall–Kier alpha value is -2.71. The quantitative estimate of drug-likeness (QED) is 0.642. The van der Waals surface area contributed by atoms with Crippen LogP contribution < -0.4 is 4.90 Å². The molecule has 0 unspecified atom stereocenters. The van der Waals surface area contributed by atoms with Crippen molar-refractivity contribution in [3.05, 3.63) is 57.6 Å². The normalized spacial score (nSPS) is 17.7. The molecule has 2 saturated heterocycles. The molecule has 2 aliphatic heterocycles. The van der Waals surface area contributed by atoms with Gasteiger partial charge in [0.2, 0.25) is 15.9 Å². The minimum Gasteiger partial charge on any atom is -0.336 e. The number of benzene rings is 2. The van der Waals surface area contributed by atoms with Crippen LogP contribution in [-0.2, 0) is 14.8 Å². The van der Waals surface area contributed by atoms with Crippen molar-refractivity contribution in [3.63, 3.8) is 0 Å². The molecule has 0 bridgehead atoms. The summed E-state index contributed by atoms with van der Waals surface area (Å²) in [6.45, 7) is 11.6. The zero-order valence-corrected chi connectivity index (χ0v) is 22.2. The summed E-state index contributed by atoms with van der Waals surface area (Å²) in [5.74, 6) is 0.00468. The first-order valence-corrected chi connectivity index (χ1v) is 13.7. The molecule has 0 N–H and O–H groups in total. The second-order valence-corrected chi connectivity index (χ2v) is 11.6. The highest BCUT2D eigenvalue weighted by Gasteiger charge is 2.33. The van der Waals surface area contributed by atoms with E-state index in [9.17, 15) is 18.0 Å². The molecule has 2 fully saturated rings. The first-order valence-electron chi connectivity index (χ1n) is 12.3. The fourth-order valence-electron chi connectivity index (χ4n) is 5.16. The third-order valence-corrected chi connectivity index (χ3v) is 9.98. The van der Waals surface area contributed by atoms with Crippen LogP contribution in [0.1, 0.15) is 57.4 Å². The molecule has 2 aromatic rings. The Kier molecular flexibility index (Phi) is 7.06. The minimum absolute atomic E-state index is 0.118. The lowest BCUT2D eigenvalue weighted by atomic mass is 9.95. The van der Waals surface area contributed by atoms with Crippen molar-refractivity contribution in [2.24, 2.45) is 0 Å². The molecule has 35 heavy (non-hydrogen) atoms. The van der Waals surface area contributed by atoms with Gasteiger partial charge in [0.25, 0.3) is 5.91 Å². The van der Waals surface area contributed by atoms with Gasteiger partial charge in [0.05, 0.1) is 4.90 Å². The highest BCUT2D eigenvalue weighted by Crippen LogP contribution is 2.32. The predicted molar refractivity (Wildman–Crippen MR) is 137 cm³/mol. The van der Waals surface area contributed by atoms with Crippen molar-refractivity contribution in [3.8, 4) is 0 Å². The molecule has 2 heterocycles. The van der Waals surface area contributed by atoms with Gasteiger partial charge in [-0.3, -0.25) is 9.59 Å². The summed E-state index contributed by atoms with van der Waals surface area (Å²) in [6.07, 6.45) is 2.48. The molecule has 0 radical (unpaired) electrons. The molecule has 2 aromatic carbocycles. The second kappa shape index (κ2) is 9.74. The zero-order valence-electron chi connectivity index (χ0n) is 21.3. The Morgan fingerprint density at radius 3 is 1.83 bits per heavy atom. The van der Waals surface area contributed by atoms with Crippen LogP contribution in [0, 0.1) is 34.6 Å². The molecule has 0 aliphatic carbocycles. The molecule has 188 valence electrons. The summed E-state index contributed by atoms with van der Waals surface area (Å²) in [7, 11) is -3.66. The highest BCUT2D eigenvalue weighted by molar-refractivity contribution is 7.89. The van der Waals surface area contributed by atoms with Gasteiger partial charge in [-0.1, -0.05) is 0 Å². The van der Waals surface area contributed by atoms with Crippen molar-refractivity contribution in [1.82, 2.24) is 9.21 Å². The molecule has 0 aromatic heterocycles. The van der Waals surface area contributed by atoms with E-state index in [0.29, 0.717) is 36.5 Å². The molecule has 0 saturated carbocycles. The van der Waals surface area contributed by atoms with Gasteiger partial charge in [0.1, 0.15) is 0 Å². The monoisotopic (exact) mass is 497 g/mol. The number of piperazine rings is 1. The molecular formula is C27H35N3O4S. The van der Waals surface area contributed by atoms with E-state index in [1.54, 1.807) is 21.9 Å². The van der Waals surface area contributed by atoms with Crippen molar-refractivity contribution in [1.29, 1.82) is 0 Å². The first kappa shape index (κ1) is 25.4. The Morgan fingerprint density at radius 1 is 0.743 bits per heavy atom. The lowest BCUT2D eigenvalue weighted by Gasteiger charge is -2.35. The summed E-state index contributed by atoms with van der Waals surface area (Å²) >= 11 is 0. The van der Waals surface area contributed by atoms with Crippen LogP contribution in [0.5, 0.6) is 0 Å². The molecule has 0 atom stereocenters. The van der Waals surface area contributed by atoms with E-state index in [1.165, 1.54) is 4.31 Å². The van der Waals surface area contributed by atoms with Crippen LogP contribution in [0.25, 0.3) is 0 Å². The maximum absolute atomic E-state index is 13.6. The van der Waals surface area contributed by atoms with E-state index < -0.39 is 10.0 Å². The Morgan fingerprint density at radius 2 is 1.29 bits per heavy atom. The number of nitrogens with zero attached hydrogens (tertiary/aromatic N) is 3. The predicted octanol–water partition coefficient (Wildman–Crippen LogP) is 3.89. The van der Waals surface area contributed by atoms with Crippen LogP contribution in [0.2, 0.25) is 0 Å². The summed E-state index contributed by atoms with van der Waals surface area (Å²) in [5, 5.41) is 0. The molecule has 2 amide bonds. The fourth-order valence-corrected chi connectivity index (χ4v) is 7.14. The van der Waals surface area contributed by atoms with Crippen molar-refractivity contribution >= 4 is 27.5 Å². The number of hydrogen-bond acceptors (Lipinski definition) is 4. The maximum Gasteiger partial charge on any atom is 0.253 e. The number of carbonyl (C=O) groups excluding carboxylic acids is 2. The largest absolute Gasteiger partial charge is 0.336 e. The second-order valence-electron chi connectivity index (χ2n) is 9.70. The third kappa shape index (κ3) is 4.61. The molecular weight excluding hydrogens is 462 g/mol. The SMILES string of the molecule is Cc1c(C)c(C)c(S(=O)(=O)N2CCN(C(=O)c3ccc(N4CCCCC4=O)cc3)CC2)c(C)c1C. The fraction of sp³-hybridized carbons (Fsp3) is 0.481. The summed E-state index contributed by atoms with van der Waals surface area (Å²) in [5.41, 5.74) is 6.12. The standard InChI is InChI=1S/C27H35N3O4S/c1-18-19(2)21(4)26(22(5)20(18)3)35(33,34)29-16-14-28(15-17-29)27(32)23-9-11-24(12-10-23)30-13-7-6-8-25(30)31/h9-12H,6-8,13-17H2,1-5H3. The van der Waals surface area contributed by atoms with Gasteiger partial charge >= 0.3 is 0 Å². The lowest BCUT2D eigenvalue weighted by molar-refractivity contribution is -0.119. The van der Waals surface area contributed by atoms with E-state index in [-0.39, 0.29) is 24.9 Å². The average Bonchev–Trinajstić information content (AvgIpc) is 2.86. The smallest absolute Gasteiger partial charge is 0.253 e. The van der Waals surface area contributed by atoms with E-state index >= 15 is 0 Å². The maximum atomic E-state index is 13.6. The van der Waals surface area contributed by atoms with Crippen LogP contribution in [0.4, 0.5) is 5.69 Å². The van der Waals surface area contributed by atoms with Crippen molar-refractivity contribution in [2.75, 3.05) is 37.6 Å². The number of carbonyl (C=O) groups is 2. The van der Waals surface area contributed by atoms with E-state index in [2.05, 4.69) is 0 Å². The van der Waals surface area contributed by atoms with Gasteiger partial charge in [0.15, 0.2) is 0 Å². The summed E-state index contributed by atoms with van der Waals surface area (Å²) in [4.78, 5) is 29.1. The number of amides is 2. The van der Waals surface area contributed by atoms with Gasteiger partial charge in [-0.05, 0) is 99.5 Å². The minimum atomic E-state index is -3.66. The number of sulfonamides is 1. The van der Waals surface area contributed by atoms with Crippen LogP contribution in [0.15, 0.2) is 29.2 Å². The molecule has 8 heteroatoms. The number of piperidine rings is 1. The van der Waals surface area contributed by atoms with Gasteiger partial charge in [-0.15, -0.1) is 0 Å². The molecule has 7 nitrogen and oxygen atoms in total. The zero-order chi connectivity index (χ0) is 25.5. The summed E-state index contributed by atoms with van der Waals surface area (Å²) in [6, 6.07) is 7.16. The molecule has 2 aliphatic rings. The molecule has 4 rings (SSSR count). The van der Waals surface area contributed by atoms with Gasteiger partial charge < -0.3 is 9.80 Å². The summed E-state index contributed by atoms with van der Waals surface area (Å²) < 4.78 is 28.7. The third-order valence-electron chi connectivity index (χ3n) is 7.80. The van der Waals surface area contributed by atoms with E-state index in [0.717, 1.165) is 46.3 Å². The van der Waals surface area contributed by atoms with Gasteiger partial charge in [0, 0.05) is 50.4 Å². The van der Waals surface area contributed by atoms with Crippen molar-refractivity contribution < 1.29 is 18.0 Å². The molecule has 0 spiro atoms. The topological polar surface area (TPSA) is 78.0 Å². The Bertz CT molecular complexity index is 1230. The van der Waals surface area contributed by atoms with E-state index in [4.69, 9.17) is 0 Å². The van der Waals surface area contributed by atoms with E-state index in [1.807, 2.05) is 46.8 Å². The highest BCUT2D eigenvalue weighted by atomic mass is 32.2. The Labute approximate surface area is 208 Å². The van der Waals surface area contributed by atoms with Gasteiger partial charge in [-0.2, -0.15) is 4.31 Å².